The first-order valence-corrected chi connectivity index (χ1v) is 5.49. The first kappa shape index (κ1) is 12.8. The standard InChI is InChI=1S/C12H19NO3/c1-2-15-11-5-3-4-6-12(11)16-9-10(13)7-8-14/h3-6,10,14H,2,7-9,13H2,1H3. The molecule has 4 heteroatoms. The average molecular weight is 225 g/mol. The van der Waals surface area contributed by atoms with Gasteiger partial charge in [-0.1, -0.05) is 12.1 Å². The Morgan fingerprint density at radius 2 is 1.88 bits per heavy atom. The van der Waals surface area contributed by atoms with E-state index in [-0.39, 0.29) is 12.6 Å². The fourth-order valence-corrected chi connectivity index (χ4v) is 1.29. The molecule has 0 heterocycles. The maximum atomic E-state index is 8.71. The quantitative estimate of drug-likeness (QED) is 0.731. The van der Waals surface area contributed by atoms with E-state index in [0.29, 0.717) is 25.4 Å². The molecule has 0 spiro atoms. The molecule has 0 amide bonds. The molecule has 0 saturated heterocycles. The number of para-hydroxylation sites is 2. The lowest BCUT2D eigenvalue weighted by molar-refractivity contribution is 0.225. The third kappa shape index (κ3) is 4.08. The number of benzene rings is 1. The number of aliphatic hydroxyl groups is 1. The van der Waals surface area contributed by atoms with Crippen LogP contribution in [0.15, 0.2) is 24.3 Å². The zero-order valence-electron chi connectivity index (χ0n) is 9.56. The molecule has 0 radical (unpaired) electrons. The van der Waals surface area contributed by atoms with Gasteiger partial charge in [-0.05, 0) is 25.5 Å². The van der Waals surface area contributed by atoms with Crippen molar-refractivity contribution in [1.29, 1.82) is 0 Å². The number of aliphatic hydroxyl groups excluding tert-OH is 1. The highest BCUT2D eigenvalue weighted by molar-refractivity contribution is 5.39. The van der Waals surface area contributed by atoms with Crippen LogP contribution in [-0.4, -0.2) is 31.0 Å². The highest BCUT2D eigenvalue weighted by Gasteiger charge is 2.06. The SMILES string of the molecule is CCOc1ccccc1OCC(N)CCO. The maximum absolute atomic E-state index is 8.71. The summed E-state index contributed by atoms with van der Waals surface area (Å²) in [5, 5.41) is 8.71. The normalized spacial score (nSPS) is 12.2. The summed E-state index contributed by atoms with van der Waals surface area (Å²) in [6, 6.07) is 7.33. The molecule has 1 atom stereocenters. The fraction of sp³-hybridized carbons (Fsp3) is 0.500. The first-order valence-electron chi connectivity index (χ1n) is 5.49. The van der Waals surface area contributed by atoms with Gasteiger partial charge in [0.25, 0.3) is 0 Å². The highest BCUT2D eigenvalue weighted by Crippen LogP contribution is 2.26. The lowest BCUT2D eigenvalue weighted by Gasteiger charge is -2.14. The van der Waals surface area contributed by atoms with E-state index in [9.17, 15) is 0 Å². The molecule has 0 fully saturated rings. The Morgan fingerprint density at radius 3 is 2.44 bits per heavy atom. The Balaban J connectivity index is 2.52. The summed E-state index contributed by atoms with van der Waals surface area (Å²) < 4.78 is 11.0. The second kappa shape index (κ2) is 7.09. The minimum atomic E-state index is -0.153. The van der Waals surface area contributed by atoms with E-state index in [1.807, 2.05) is 31.2 Å². The average Bonchev–Trinajstić information content (AvgIpc) is 2.29. The Morgan fingerprint density at radius 1 is 1.25 bits per heavy atom. The second-order valence-corrected chi connectivity index (χ2v) is 3.46. The van der Waals surface area contributed by atoms with E-state index in [4.69, 9.17) is 20.3 Å². The molecule has 90 valence electrons. The van der Waals surface area contributed by atoms with Crippen LogP contribution in [0.4, 0.5) is 0 Å². The van der Waals surface area contributed by atoms with E-state index in [0.717, 1.165) is 5.75 Å². The molecule has 0 aromatic heterocycles. The van der Waals surface area contributed by atoms with Crippen molar-refractivity contribution in [2.75, 3.05) is 19.8 Å². The van der Waals surface area contributed by atoms with E-state index < -0.39 is 0 Å². The molecule has 0 aliphatic rings. The summed E-state index contributed by atoms with van der Waals surface area (Å²) >= 11 is 0. The Bertz CT molecular complexity index is 304. The molecular formula is C12H19NO3. The molecule has 1 rings (SSSR count). The highest BCUT2D eigenvalue weighted by atomic mass is 16.5. The molecule has 0 aliphatic heterocycles. The van der Waals surface area contributed by atoms with Crippen LogP contribution in [0.5, 0.6) is 11.5 Å². The van der Waals surface area contributed by atoms with E-state index in [1.54, 1.807) is 0 Å². The number of ether oxygens (including phenoxy) is 2. The Kier molecular flexibility index (Phi) is 5.67. The molecular weight excluding hydrogens is 206 g/mol. The van der Waals surface area contributed by atoms with E-state index in [2.05, 4.69) is 0 Å². The fourth-order valence-electron chi connectivity index (χ4n) is 1.29. The van der Waals surface area contributed by atoms with E-state index >= 15 is 0 Å². The van der Waals surface area contributed by atoms with Crippen LogP contribution >= 0.6 is 0 Å². The molecule has 0 aliphatic carbocycles. The van der Waals surface area contributed by atoms with Gasteiger partial charge in [0.2, 0.25) is 0 Å². The summed E-state index contributed by atoms with van der Waals surface area (Å²) in [6.07, 6.45) is 0.538. The molecule has 0 bridgehead atoms. The number of rotatable bonds is 7. The third-order valence-electron chi connectivity index (χ3n) is 2.10. The van der Waals surface area contributed by atoms with Gasteiger partial charge in [0.15, 0.2) is 11.5 Å². The minimum absolute atomic E-state index is 0.0810. The van der Waals surface area contributed by atoms with Gasteiger partial charge in [0, 0.05) is 12.6 Å². The van der Waals surface area contributed by atoms with Gasteiger partial charge in [-0.15, -0.1) is 0 Å². The van der Waals surface area contributed by atoms with Crippen LogP contribution < -0.4 is 15.2 Å². The van der Waals surface area contributed by atoms with Gasteiger partial charge < -0.3 is 20.3 Å². The van der Waals surface area contributed by atoms with Crippen LogP contribution in [0.3, 0.4) is 0 Å². The lowest BCUT2D eigenvalue weighted by Crippen LogP contribution is -2.28. The number of hydrogen-bond acceptors (Lipinski definition) is 4. The van der Waals surface area contributed by atoms with E-state index in [1.165, 1.54) is 0 Å². The van der Waals surface area contributed by atoms with Crippen molar-refractivity contribution >= 4 is 0 Å². The predicted octanol–water partition coefficient (Wildman–Crippen LogP) is 1.17. The number of hydrogen-bond donors (Lipinski definition) is 2. The van der Waals surface area contributed by atoms with Crippen molar-refractivity contribution in [3.63, 3.8) is 0 Å². The topological polar surface area (TPSA) is 64.7 Å². The van der Waals surface area contributed by atoms with Crippen LogP contribution in [0.1, 0.15) is 13.3 Å². The van der Waals surface area contributed by atoms with Crippen LogP contribution in [0, 0.1) is 0 Å². The monoisotopic (exact) mass is 225 g/mol. The van der Waals surface area contributed by atoms with Gasteiger partial charge in [0.05, 0.1) is 6.61 Å². The van der Waals surface area contributed by atoms with Crippen LogP contribution in [0.25, 0.3) is 0 Å². The van der Waals surface area contributed by atoms with Crippen LogP contribution in [-0.2, 0) is 0 Å². The largest absolute Gasteiger partial charge is 0.490 e. The summed E-state index contributed by atoms with van der Waals surface area (Å²) in [5.74, 6) is 1.42. The van der Waals surface area contributed by atoms with Crippen molar-refractivity contribution in [1.82, 2.24) is 0 Å². The molecule has 4 nitrogen and oxygen atoms in total. The maximum Gasteiger partial charge on any atom is 0.161 e. The van der Waals surface area contributed by atoms with Crippen LogP contribution in [0.2, 0.25) is 0 Å². The van der Waals surface area contributed by atoms with Crippen molar-refractivity contribution < 1.29 is 14.6 Å². The minimum Gasteiger partial charge on any atom is -0.490 e. The van der Waals surface area contributed by atoms with Crippen molar-refractivity contribution in [3.8, 4) is 11.5 Å². The third-order valence-corrected chi connectivity index (χ3v) is 2.10. The molecule has 0 saturated carbocycles. The molecule has 1 aromatic rings. The zero-order valence-corrected chi connectivity index (χ0v) is 9.56. The Hall–Kier alpha value is -1.26. The van der Waals surface area contributed by atoms with Crippen molar-refractivity contribution in [2.24, 2.45) is 5.73 Å². The summed E-state index contributed by atoms with van der Waals surface area (Å²) in [5.41, 5.74) is 5.73. The number of nitrogens with two attached hydrogens (primary N) is 1. The van der Waals surface area contributed by atoms with Gasteiger partial charge in [-0.2, -0.15) is 0 Å². The van der Waals surface area contributed by atoms with Gasteiger partial charge in [0.1, 0.15) is 6.61 Å². The second-order valence-electron chi connectivity index (χ2n) is 3.46. The van der Waals surface area contributed by atoms with Gasteiger partial charge >= 0.3 is 0 Å². The summed E-state index contributed by atoms with van der Waals surface area (Å²) in [6.45, 7) is 2.99. The zero-order chi connectivity index (χ0) is 11.8. The summed E-state index contributed by atoms with van der Waals surface area (Å²) in [4.78, 5) is 0. The molecule has 16 heavy (non-hydrogen) atoms. The van der Waals surface area contributed by atoms with Gasteiger partial charge in [-0.3, -0.25) is 0 Å². The van der Waals surface area contributed by atoms with Gasteiger partial charge in [-0.25, -0.2) is 0 Å². The lowest BCUT2D eigenvalue weighted by atomic mass is 10.2. The van der Waals surface area contributed by atoms with Crippen molar-refractivity contribution in [2.45, 2.75) is 19.4 Å². The van der Waals surface area contributed by atoms with Crippen molar-refractivity contribution in [3.05, 3.63) is 24.3 Å². The Labute approximate surface area is 96.0 Å². The molecule has 1 unspecified atom stereocenters. The predicted molar refractivity (Wildman–Crippen MR) is 62.8 cm³/mol. The molecule has 3 N–H and O–H groups in total. The molecule has 1 aromatic carbocycles. The smallest absolute Gasteiger partial charge is 0.161 e. The first-order chi connectivity index (χ1) is 7.77. The summed E-state index contributed by atoms with van der Waals surface area (Å²) in [7, 11) is 0.